The van der Waals surface area contributed by atoms with Crippen molar-refractivity contribution in [2.45, 2.75) is 26.7 Å². The molecule has 0 unspecified atom stereocenters. The van der Waals surface area contributed by atoms with Crippen molar-refractivity contribution in [2.24, 2.45) is 0 Å². The number of anilines is 2. The zero-order chi connectivity index (χ0) is 15.9. The Labute approximate surface area is 131 Å². The van der Waals surface area contributed by atoms with Gasteiger partial charge in [-0.15, -0.1) is 0 Å². The van der Waals surface area contributed by atoms with Gasteiger partial charge in [0.05, 0.1) is 0 Å². The van der Waals surface area contributed by atoms with E-state index < -0.39 is 0 Å². The van der Waals surface area contributed by atoms with Crippen molar-refractivity contribution in [2.75, 3.05) is 23.3 Å². The summed E-state index contributed by atoms with van der Waals surface area (Å²) in [6, 6.07) is 7.86. The standard InChI is InChI=1S/C18H23N3O/c1-4-7-12-21(6-3)18-16-9-8-15(20-17(22)5-2)13-14(16)10-11-19-18/h5,8-11,13H,2,4,6-7,12H2,1,3H3,(H,20,22). The molecule has 1 N–H and O–H groups in total. The van der Waals surface area contributed by atoms with Gasteiger partial charge in [-0.1, -0.05) is 19.9 Å². The highest BCUT2D eigenvalue weighted by Crippen LogP contribution is 2.27. The van der Waals surface area contributed by atoms with Gasteiger partial charge in [0, 0.05) is 30.4 Å². The van der Waals surface area contributed by atoms with Gasteiger partial charge in [0.25, 0.3) is 0 Å². The fourth-order valence-electron chi connectivity index (χ4n) is 2.45. The predicted octanol–water partition coefficient (Wildman–Crippen LogP) is 3.99. The second-order valence-corrected chi connectivity index (χ2v) is 5.20. The number of rotatable bonds is 7. The first-order valence-electron chi connectivity index (χ1n) is 7.76. The van der Waals surface area contributed by atoms with E-state index in [4.69, 9.17) is 0 Å². The van der Waals surface area contributed by atoms with Crippen LogP contribution in [-0.2, 0) is 4.79 Å². The Morgan fingerprint density at radius 1 is 1.36 bits per heavy atom. The number of amides is 1. The van der Waals surface area contributed by atoms with Gasteiger partial charge in [0.1, 0.15) is 5.82 Å². The molecular formula is C18H23N3O. The highest BCUT2D eigenvalue weighted by Gasteiger charge is 2.10. The number of nitrogens with zero attached hydrogens (tertiary/aromatic N) is 2. The lowest BCUT2D eigenvalue weighted by molar-refractivity contribution is -0.111. The first-order chi connectivity index (χ1) is 10.7. The first-order valence-corrected chi connectivity index (χ1v) is 7.76. The largest absolute Gasteiger partial charge is 0.356 e. The smallest absolute Gasteiger partial charge is 0.247 e. The van der Waals surface area contributed by atoms with E-state index in [2.05, 4.69) is 35.6 Å². The summed E-state index contributed by atoms with van der Waals surface area (Å²) in [6.45, 7) is 9.75. The Morgan fingerprint density at radius 3 is 2.86 bits per heavy atom. The minimum Gasteiger partial charge on any atom is -0.356 e. The summed E-state index contributed by atoms with van der Waals surface area (Å²) >= 11 is 0. The molecule has 2 rings (SSSR count). The molecule has 4 heteroatoms. The first kappa shape index (κ1) is 16.0. The molecule has 4 nitrogen and oxygen atoms in total. The van der Waals surface area contributed by atoms with Gasteiger partial charge in [0.2, 0.25) is 5.91 Å². The molecule has 0 radical (unpaired) electrons. The van der Waals surface area contributed by atoms with Gasteiger partial charge in [-0.3, -0.25) is 4.79 Å². The van der Waals surface area contributed by atoms with E-state index in [0.29, 0.717) is 0 Å². The van der Waals surface area contributed by atoms with Crippen LogP contribution in [0.25, 0.3) is 10.8 Å². The summed E-state index contributed by atoms with van der Waals surface area (Å²) in [7, 11) is 0. The van der Waals surface area contributed by atoms with E-state index in [9.17, 15) is 4.79 Å². The van der Waals surface area contributed by atoms with Crippen LogP contribution in [0, 0.1) is 0 Å². The Morgan fingerprint density at radius 2 is 2.18 bits per heavy atom. The number of fused-ring (bicyclic) bond motifs is 1. The maximum Gasteiger partial charge on any atom is 0.247 e. The summed E-state index contributed by atoms with van der Waals surface area (Å²) in [5.74, 6) is 0.807. The average molecular weight is 297 g/mol. The number of nitrogens with one attached hydrogen (secondary N) is 1. The average Bonchev–Trinajstić information content (AvgIpc) is 2.55. The van der Waals surface area contributed by atoms with E-state index in [1.165, 1.54) is 12.5 Å². The van der Waals surface area contributed by atoms with Crippen molar-refractivity contribution in [3.8, 4) is 0 Å². The number of carbonyl (C=O) groups is 1. The van der Waals surface area contributed by atoms with Crippen LogP contribution in [0.3, 0.4) is 0 Å². The van der Waals surface area contributed by atoms with Gasteiger partial charge in [-0.2, -0.15) is 0 Å². The Balaban J connectivity index is 2.36. The van der Waals surface area contributed by atoms with E-state index in [0.717, 1.165) is 41.8 Å². The van der Waals surface area contributed by atoms with Crippen molar-refractivity contribution in [3.05, 3.63) is 43.1 Å². The molecule has 1 aromatic heterocycles. The predicted molar refractivity (Wildman–Crippen MR) is 93.4 cm³/mol. The molecule has 116 valence electrons. The molecule has 2 aromatic rings. The third-order valence-corrected chi connectivity index (χ3v) is 3.66. The highest BCUT2D eigenvalue weighted by molar-refractivity contribution is 6.01. The Bertz CT molecular complexity index is 666. The number of unbranched alkanes of at least 4 members (excludes halogenated alkanes) is 1. The van der Waals surface area contributed by atoms with Crippen molar-refractivity contribution in [1.82, 2.24) is 4.98 Å². The van der Waals surface area contributed by atoms with Gasteiger partial charge < -0.3 is 10.2 Å². The number of hydrogen-bond acceptors (Lipinski definition) is 3. The molecule has 0 atom stereocenters. The van der Waals surface area contributed by atoms with Crippen LogP contribution in [0.5, 0.6) is 0 Å². The van der Waals surface area contributed by atoms with Crippen LogP contribution in [0.2, 0.25) is 0 Å². The monoisotopic (exact) mass is 297 g/mol. The number of hydrogen-bond donors (Lipinski definition) is 1. The number of carbonyl (C=O) groups excluding carboxylic acids is 1. The van der Waals surface area contributed by atoms with Crippen molar-refractivity contribution in [1.29, 1.82) is 0 Å². The topological polar surface area (TPSA) is 45.2 Å². The van der Waals surface area contributed by atoms with Crippen LogP contribution >= 0.6 is 0 Å². The fraction of sp³-hybridized carbons (Fsp3) is 0.333. The quantitative estimate of drug-likeness (QED) is 0.786. The molecule has 1 aromatic carbocycles. The van der Waals surface area contributed by atoms with Crippen LogP contribution in [0.1, 0.15) is 26.7 Å². The minimum absolute atomic E-state index is 0.202. The Hall–Kier alpha value is -2.36. The van der Waals surface area contributed by atoms with Crippen LogP contribution in [0.15, 0.2) is 43.1 Å². The zero-order valence-electron chi connectivity index (χ0n) is 13.3. The number of aromatic nitrogens is 1. The van der Waals surface area contributed by atoms with E-state index in [-0.39, 0.29) is 5.91 Å². The molecule has 0 spiro atoms. The van der Waals surface area contributed by atoms with Crippen molar-refractivity contribution >= 4 is 28.2 Å². The van der Waals surface area contributed by atoms with E-state index in [1.54, 1.807) is 0 Å². The maximum atomic E-state index is 11.4. The summed E-state index contributed by atoms with van der Waals surface area (Å²) < 4.78 is 0. The molecule has 1 heterocycles. The second kappa shape index (κ2) is 7.59. The maximum absolute atomic E-state index is 11.4. The van der Waals surface area contributed by atoms with Gasteiger partial charge in [0.15, 0.2) is 0 Å². The van der Waals surface area contributed by atoms with Crippen LogP contribution < -0.4 is 10.2 Å². The minimum atomic E-state index is -0.202. The molecule has 22 heavy (non-hydrogen) atoms. The summed E-state index contributed by atoms with van der Waals surface area (Å²) in [4.78, 5) is 18.3. The fourth-order valence-corrected chi connectivity index (χ4v) is 2.45. The molecule has 0 saturated heterocycles. The van der Waals surface area contributed by atoms with Crippen LogP contribution in [-0.4, -0.2) is 24.0 Å². The normalized spacial score (nSPS) is 10.5. The third kappa shape index (κ3) is 3.64. The second-order valence-electron chi connectivity index (χ2n) is 5.20. The molecule has 1 amide bonds. The molecule has 0 aliphatic carbocycles. The molecule has 0 bridgehead atoms. The Kier molecular flexibility index (Phi) is 5.53. The molecule has 0 aliphatic heterocycles. The van der Waals surface area contributed by atoms with E-state index in [1.807, 2.05) is 30.5 Å². The SMILES string of the molecule is C=CC(=O)Nc1ccc2c(N(CC)CCCC)nccc2c1. The highest BCUT2D eigenvalue weighted by atomic mass is 16.1. The third-order valence-electron chi connectivity index (χ3n) is 3.66. The molecular weight excluding hydrogens is 274 g/mol. The van der Waals surface area contributed by atoms with Gasteiger partial charge in [-0.05, 0) is 49.1 Å². The lowest BCUT2D eigenvalue weighted by Crippen LogP contribution is -2.25. The number of benzene rings is 1. The van der Waals surface area contributed by atoms with E-state index >= 15 is 0 Å². The molecule has 0 saturated carbocycles. The lowest BCUT2D eigenvalue weighted by atomic mass is 10.1. The summed E-state index contributed by atoms with van der Waals surface area (Å²) in [5.41, 5.74) is 0.770. The summed E-state index contributed by atoms with van der Waals surface area (Å²) in [5, 5.41) is 4.97. The molecule has 0 aliphatic rings. The molecule has 0 fully saturated rings. The van der Waals surface area contributed by atoms with Crippen molar-refractivity contribution in [3.63, 3.8) is 0 Å². The van der Waals surface area contributed by atoms with Gasteiger partial charge >= 0.3 is 0 Å². The summed E-state index contributed by atoms with van der Waals surface area (Å²) in [6.07, 6.45) is 5.41. The number of pyridine rings is 1. The van der Waals surface area contributed by atoms with Gasteiger partial charge in [-0.25, -0.2) is 4.98 Å². The van der Waals surface area contributed by atoms with Crippen LogP contribution in [0.4, 0.5) is 11.5 Å². The van der Waals surface area contributed by atoms with Crippen molar-refractivity contribution < 1.29 is 4.79 Å². The lowest BCUT2D eigenvalue weighted by Gasteiger charge is -2.23. The zero-order valence-corrected chi connectivity index (χ0v) is 13.3.